The molecule has 0 aliphatic rings. The van der Waals surface area contributed by atoms with Crippen LogP contribution in [0.4, 0.5) is 0 Å². The summed E-state index contributed by atoms with van der Waals surface area (Å²) in [6.07, 6.45) is 0. The van der Waals surface area contributed by atoms with Gasteiger partial charge in [-0.1, -0.05) is 13.8 Å². The van der Waals surface area contributed by atoms with E-state index in [2.05, 4.69) is 34.6 Å². The van der Waals surface area contributed by atoms with Gasteiger partial charge in [0.1, 0.15) is 0 Å². The fourth-order valence-corrected chi connectivity index (χ4v) is 3.12. The molecule has 0 unspecified atom stereocenters. The third kappa shape index (κ3) is 3.90. The number of thiazole rings is 1. The molecule has 2 aromatic rings. The molecule has 0 spiro atoms. The summed E-state index contributed by atoms with van der Waals surface area (Å²) in [5.74, 6) is 0.491. The van der Waals surface area contributed by atoms with Gasteiger partial charge in [0.15, 0.2) is 0 Å². The molecule has 2 N–H and O–H groups in total. The van der Waals surface area contributed by atoms with E-state index in [0.29, 0.717) is 12.5 Å². The number of nitrogens with zero attached hydrogens (tertiary/aromatic N) is 3. The molecule has 2 aromatic heterocycles. The summed E-state index contributed by atoms with van der Waals surface area (Å²) < 4.78 is 1.87. The molecule has 2 heterocycles. The molecule has 0 bridgehead atoms. The minimum atomic E-state index is 0.117. The molecule has 0 radical (unpaired) electrons. The molecule has 5 nitrogen and oxygen atoms in total. The summed E-state index contributed by atoms with van der Waals surface area (Å²) in [5, 5.41) is 20.2. The largest absolute Gasteiger partial charge is 0.394 e. The third-order valence-corrected chi connectivity index (χ3v) is 4.71. The second-order valence-corrected chi connectivity index (χ2v) is 6.42. The van der Waals surface area contributed by atoms with Crippen LogP contribution in [0.3, 0.4) is 0 Å². The average Bonchev–Trinajstić information content (AvgIpc) is 3.00. The Bertz CT molecular complexity index is 589. The molecule has 0 aliphatic heterocycles. The average molecular weight is 308 g/mol. The topological polar surface area (TPSA) is 63.0 Å². The van der Waals surface area contributed by atoms with Gasteiger partial charge in [0, 0.05) is 35.6 Å². The molecule has 0 saturated carbocycles. The van der Waals surface area contributed by atoms with Crippen molar-refractivity contribution in [3.63, 3.8) is 0 Å². The predicted octanol–water partition coefficient (Wildman–Crippen LogP) is 2.36. The fraction of sp³-hybridized carbons (Fsp3) is 0.600. The Morgan fingerprint density at radius 1 is 1.33 bits per heavy atom. The van der Waals surface area contributed by atoms with Gasteiger partial charge in [0.05, 0.1) is 29.5 Å². The highest BCUT2D eigenvalue weighted by Gasteiger charge is 2.11. The number of rotatable bonds is 7. The molecule has 0 atom stereocenters. The van der Waals surface area contributed by atoms with Crippen molar-refractivity contribution in [2.75, 3.05) is 6.61 Å². The Hall–Kier alpha value is -1.24. The summed E-state index contributed by atoms with van der Waals surface area (Å²) in [7, 11) is 0. The molecule has 2 rings (SSSR count). The molecule has 6 heteroatoms. The minimum Gasteiger partial charge on any atom is -0.394 e. The van der Waals surface area contributed by atoms with Gasteiger partial charge in [-0.2, -0.15) is 5.10 Å². The van der Waals surface area contributed by atoms with Crippen LogP contribution in [0, 0.1) is 13.8 Å². The van der Waals surface area contributed by atoms with Crippen molar-refractivity contribution >= 4 is 11.3 Å². The molecular weight excluding hydrogens is 284 g/mol. The van der Waals surface area contributed by atoms with E-state index in [1.165, 1.54) is 10.6 Å². The minimum absolute atomic E-state index is 0.117. The number of aromatic nitrogens is 3. The summed E-state index contributed by atoms with van der Waals surface area (Å²) in [6.45, 7) is 10.6. The van der Waals surface area contributed by atoms with Gasteiger partial charge in [0.2, 0.25) is 0 Å². The molecule has 0 aliphatic carbocycles. The van der Waals surface area contributed by atoms with Crippen LogP contribution < -0.4 is 5.32 Å². The van der Waals surface area contributed by atoms with E-state index in [0.717, 1.165) is 30.2 Å². The zero-order chi connectivity index (χ0) is 15.4. The zero-order valence-electron chi connectivity index (χ0n) is 13.2. The lowest BCUT2D eigenvalue weighted by Gasteiger charge is -2.05. The summed E-state index contributed by atoms with van der Waals surface area (Å²) >= 11 is 1.73. The summed E-state index contributed by atoms with van der Waals surface area (Å²) in [4.78, 5) is 4.62. The van der Waals surface area contributed by atoms with Gasteiger partial charge >= 0.3 is 0 Å². The van der Waals surface area contributed by atoms with Gasteiger partial charge in [0.25, 0.3) is 0 Å². The van der Waals surface area contributed by atoms with Gasteiger partial charge in [-0.15, -0.1) is 11.3 Å². The fourth-order valence-electron chi connectivity index (χ4n) is 2.29. The lowest BCUT2D eigenvalue weighted by Crippen LogP contribution is -2.14. The quantitative estimate of drug-likeness (QED) is 0.824. The van der Waals surface area contributed by atoms with Crippen molar-refractivity contribution in [1.29, 1.82) is 0 Å². The first-order chi connectivity index (χ1) is 10.0. The van der Waals surface area contributed by atoms with Crippen LogP contribution in [0.1, 0.15) is 47.4 Å². The van der Waals surface area contributed by atoms with Crippen molar-refractivity contribution < 1.29 is 5.11 Å². The van der Waals surface area contributed by atoms with Crippen LogP contribution in [0.25, 0.3) is 0 Å². The van der Waals surface area contributed by atoms with Gasteiger partial charge < -0.3 is 10.4 Å². The second-order valence-electron chi connectivity index (χ2n) is 5.53. The van der Waals surface area contributed by atoms with Gasteiger partial charge in [-0.05, 0) is 13.8 Å². The van der Waals surface area contributed by atoms with Crippen molar-refractivity contribution in [2.45, 2.75) is 53.2 Å². The number of hydrogen-bond donors (Lipinski definition) is 2. The van der Waals surface area contributed by atoms with Crippen LogP contribution in [0.15, 0.2) is 5.38 Å². The molecule has 21 heavy (non-hydrogen) atoms. The maximum Gasteiger partial charge on any atom is 0.0954 e. The Balaban J connectivity index is 1.93. The SMILES string of the molecule is Cc1nn(CCO)c(C)c1CNCc1csc(C(C)C)n1. The smallest absolute Gasteiger partial charge is 0.0954 e. The molecule has 116 valence electrons. The van der Waals surface area contributed by atoms with E-state index >= 15 is 0 Å². The maximum atomic E-state index is 9.03. The standard InChI is InChI=1S/C15H24N4OS/c1-10(2)15-17-13(9-21-15)7-16-8-14-11(3)18-19(5-6-20)12(14)4/h9-10,16,20H,5-8H2,1-4H3. The Kier molecular flexibility index (Phi) is 5.50. The van der Waals surface area contributed by atoms with E-state index in [1.807, 2.05) is 18.5 Å². The predicted molar refractivity (Wildman–Crippen MR) is 85.5 cm³/mol. The van der Waals surface area contributed by atoms with E-state index in [9.17, 15) is 0 Å². The molecular formula is C15H24N4OS. The molecule has 0 aromatic carbocycles. The first-order valence-corrected chi connectivity index (χ1v) is 8.19. The normalized spacial score (nSPS) is 11.5. The lowest BCUT2D eigenvalue weighted by atomic mass is 10.2. The van der Waals surface area contributed by atoms with Crippen molar-refractivity contribution in [1.82, 2.24) is 20.1 Å². The molecule has 0 amide bonds. The van der Waals surface area contributed by atoms with Crippen molar-refractivity contribution in [3.05, 3.63) is 33.0 Å². The van der Waals surface area contributed by atoms with Crippen LogP contribution in [-0.4, -0.2) is 26.5 Å². The first-order valence-electron chi connectivity index (χ1n) is 7.31. The highest BCUT2D eigenvalue weighted by molar-refractivity contribution is 7.09. The zero-order valence-corrected chi connectivity index (χ0v) is 14.0. The Labute approximate surface area is 130 Å². The first kappa shape index (κ1) is 16.1. The van der Waals surface area contributed by atoms with Crippen molar-refractivity contribution in [2.24, 2.45) is 0 Å². The second kappa shape index (κ2) is 7.15. The van der Waals surface area contributed by atoms with E-state index in [4.69, 9.17) is 5.11 Å². The van der Waals surface area contributed by atoms with Gasteiger partial charge in [-0.25, -0.2) is 4.98 Å². The van der Waals surface area contributed by atoms with Crippen LogP contribution >= 0.6 is 11.3 Å². The summed E-state index contributed by atoms with van der Waals surface area (Å²) in [5.41, 5.74) is 4.45. The Morgan fingerprint density at radius 3 is 2.71 bits per heavy atom. The van der Waals surface area contributed by atoms with E-state index < -0.39 is 0 Å². The number of hydrogen-bond acceptors (Lipinski definition) is 5. The molecule has 0 saturated heterocycles. The maximum absolute atomic E-state index is 9.03. The highest BCUT2D eigenvalue weighted by atomic mass is 32.1. The molecule has 0 fully saturated rings. The van der Waals surface area contributed by atoms with Crippen LogP contribution in [-0.2, 0) is 19.6 Å². The highest BCUT2D eigenvalue weighted by Crippen LogP contribution is 2.19. The summed E-state index contributed by atoms with van der Waals surface area (Å²) in [6, 6.07) is 0. The lowest BCUT2D eigenvalue weighted by molar-refractivity contribution is 0.267. The number of aliphatic hydroxyl groups excluding tert-OH is 1. The van der Waals surface area contributed by atoms with E-state index in [-0.39, 0.29) is 6.61 Å². The Morgan fingerprint density at radius 2 is 2.10 bits per heavy atom. The number of aliphatic hydroxyl groups is 1. The van der Waals surface area contributed by atoms with E-state index in [1.54, 1.807) is 11.3 Å². The number of aryl methyl sites for hydroxylation is 1. The monoisotopic (exact) mass is 308 g/mol. The van der Waals surface area contributed by atoms with Crippen molar-refractivity contribution in [3.8, 4) is 0 Å². The third-order valence-electron chi connectivity index (χ3n) is 3.51. The van der Waals surface area contributed by atoms with Gasteiger partial charge in [-0.3, -0.25) is 4.68 Å². The van der Waals surface area contributed by atoms with Crippen LogP contribution in [0.5, 0.6) is 0 Å². The van der Waals surface area contributed by atoms with Crippen LogP contribution in [0.2, 0.25) is 0 Å². The number of nitrogens with one attached hydrogen (secondary N) is 1.